The van der Waals surface area contributed by atoms with Crippen molar-refractivity contribution in [1.82, 2.24) is 9.55 Å². The van der Waals surface area contributed by atoms with Gasteiger partial charge in [-0.25, -0.2) is 4.98 Å². The zero-order valence-electron chi connectivity index (χ0n) is 19.4. The number of halogens is 1. The second-order valence-electron chi connectivity index (χ2n) is 8.11. The number of rotatable bonds is 9. The van der Waals surface area contributed by atoms with Crippen LogP contribution in [0.2, 0.25) is 5.02 Å². The molecule has 0 aliphatic carbocycles. The SMILES string of the molecule is Cc1ccc(S(=O)(=O)OC[C@@H]2CO[C@@](CCc3ccc(Cl)cc3)(Cn3ccnc3)O2)cc1.O=[N+]([O-])O. The number of hydrogen-bond donors (Lipinski definition) is 1. The predicted octanol–water partition coefficient (Wildman–Crippen LogP) is 3.65. The zero-order valence-corrected chi connectivity index (χ0v) is 21.0. The van der Waals surface area contributed by atoms with Gasteiger partial charge in [0.1, 0.15) is 6.10 Å². The molecule has 2 aromatic carbocycles. The summed E-state index contributed by atoms with van der Waals surface area (Å²) < 4.78 is 44.5. The number of nitrogens with zero attached hydrogens (tertiary/aromatic N) is 3. The molecule has 11 nitrogen and oxygen atoms in total. The Bertz CT molecular complexity index is 1220. The largest absolute Gasteiger partial charge is 0.345 e. The van der Waals surface area contributed by atoms with Gasteiger partial charge in [-0.1, -0.05) is 41.4 Å². The Morgan fingerprint density at radius 2 is 1.92 bits per heavy atom. The van der Waals surface area contributed by atoms with E-state index in [0.29, 0.717) is 24.4 Å². The molecular weight excluding hydrogens is 514 g/mol. The molecule has 0 spiro atoms. The first-order valence-electron chi connectivity index (χ1n) is 10.9. The molecule has 3 aromatic rings. The average Bonchev–Trinajstić information content (AvgIpc) is 3.48. The first-order valence-corrected chi connectivity index (χ1v) is 12.7. The zero-order chi connectivity index (χ0) is 26.2. The highest BCUT2D eigenvalue weighted by Crippen LogP contribution is 2.31. The van der Waals surface area contributed by atoms with Crippen molar-refractivity contribution in [3.63, 3.8) is 0 Å². The molecule has 1 N–H and O–H groups in total. The van der Waals surface area contributed by atoms with E-state index in [1.54, 1.807) is 24.7 Å². The van der Waals surface area contributed by atoms with Crippen LogP contribution in [0.1, 0.15) is 17.5 Å². The summed E-state index contributed by atoms with van der Waals surface area (Å²) in [6.45, 7) is 2.44. The molecule has 2 heterocycles. The molecule has 1 fully saturated rings. The van der Waals surface area contributed by atoms with Crippen LogP contribution in [0.3, 0.4) is 0 Å². The molecule has 1 aliphatic rings. The van der Waals surface area contributed by atoms with E-state index in [2.05, 4.69) is 4.98 Å². The molecule has 2 atom stereocenters. The highest BCUT2D eigenvalue weighted by Gasteiger charge is 2.42. The van der Waals surface area contributed by atoms with Crippen molar-refractivity contribution in [3.8, 4) is 0 Å². The lowest BCUT2D eigenvalue weighted by Gasteiger charge is -2.28. The van der Waals surface area contributed by atoms with Gasteiger partial charge in [-0.3, -0.25) is 4.18 Å². The van der Waals surface area contributed by atoms with Gasteiger partial charge in [-0.05, 0) is 43.2 Å². The number of ether oxygens (including phenoxy) is 2. The minimum Gasteiger partial charge on any atom is -0.345 e. The maximum absolute atomic E-state index is 12.5. The van der Waals surface area contributed by atoms with Gasteiger partial charge in [0.2, 0.25) is 0 Å². The lowest BCUT2D eigenvalue weighted by Crippen LogP contribution is -2.37. The molecule has 13 heteroatoms. The van der Waals surface area contributed by atoms with Crippen LogP contribution < -0.4 is 0 Å². The third-order valence-electron chi connectivity index (χ3n) is 5.32. The van der Waals surface area contributed by atoms with Crippen molar-refractivity contribution in [3.05, 3.63) is 93.5 Å². The number of imidazole rings is 1. The smallest absolute Gasteiger partial charge is 0.297 e. The van der Waals surface area contributed by atoms with Gasteiger partial charge in [-0.15, -0.1) is 10.1 Å². The third kappa shape index (κ3) is 8.28. The Morgan fingerprint density at radius 1 is 1.25 bits per heavy atom. The summed E-state index contributed by atoms with van der Waals surface area (Å²) in [5.41, 5.74) is 2.08. The van der Waals surface area contributed by atoms with Crippen LogP contribution >= 0.6 is 11.6 Å². The molecule has 1 aliphatic heterocycles. The average molecular weight is 540 g/mol. The monoisotopic (exact) mass is 539 g/mol. The van der Waals surface area contributed by atoms with E-state index in [4.69, 9.17) is 40.6 Å². The summed E-state index contributed by atoms with van der Waals surface area (Å²) in [4.78, 5) is 12.6. The van der Waals surface area contributed by atoms with Gasteiger partial charge in [-0.2, -0.15) is 8.42 Å². The molecule has 0 saturated carbocycles. The second kappa shape index (κ2) is 12.3. The normalized spacial score (nSPS) is 19.4. The molecule has 1 saturated heterocycles. The fourth-order valence-corrected chi connectivity index (χ4v) is 4.64. The van der Waals surface area contributed by atoms with Crippen molar-refractivity contribution in [1.29, 1.82) is 0 Å². The molecule has 4 rings (SSSR count). The first kappa shape index (κ1) is 27.6. The maximum atomic E-state index is 12.5. The van der Waals surface area contributed by atoms with E-state index in [1.165, 1.54) is 12.1 Å². The number of hydrogen-bond acceptors (Lipinski definition) is 8. The van der Waals surface area contributed by atoms with Gasteiger partial charge in [0, 0.05) is 23.8 Å². The molecule has 36 heavy (non-hydrogen) atoms. The second-order valence-corrected chi connectivity index (χ2v) is 10.2. The van der Waals surface area contributed by atoms with Crippen molar-refractivity contribution in [2.75, 3.05) is 13.2 Å². The molecule has 0 unspecified atom stereocenters. The lowest BCUT2D eigenvalue weighted by atomic mass is 10.0. The molecular formula is C23H26ClN3O8S. The van der Waals surface area contributed by atoms with Crippen LogP contribution in [-0.2, 0) is 36.7 Å². The van der Waals surface area contributed by atoms with Crippen molar-refractivity contribution < 1.29 is 32.4 Å². The van der Waals surface area contributed by atoms with Crippen LogP contribution in [0.15, 0.2) is 72.1 Å². The molecule has 0 bridgehead atoms. The highest BCUT2D eigenvalue weighted by atomic mass is 35.5. The minimum atomic E-state index is -3.87. The lowest BCUT2D eigenvalue weighted by molar-refractivity contribution is -0.742. The van der Waals surface area contributed by atoms with E-state index in [1.807, 2.05) is 42.0 Å². The van der Waals surface area contributed by atoms with Gasteiger partial charge < -0.3 is 19.2 Å². The van der Waals surface area contributed by atoms with Gasteiger partial charge in [0.05, 0.1) is 31.0 Å². The van der Waals surface area contributed by atoms with Crippen LogP contribution in [-0.4, -0.2) is 53.4 Å². The Morgan fingerprint density at radius 3 is 2.53 bits per heavy atom. The number of benzene rings is 2. The van der Waals surface area contributed by atoms with Crippen molar-refractivity contribution in [2.45, 2.75) is 43.1 Å². The first-order chi connectivity index (χ1) is 17.1. The van der Waals surface area contributed by atoms with Gasteiger partial charge in [0.15, 0.2) is 5.79 Å². The standard InChI is InChI=1S/C23H25ClN2O5S.HNO3/c1-18-2-8-22(9-3-18)32(27,28)30-15-21-14-29-23(31-21,16-26-13-12-25-17-26)11-10-19-4-6-20(24)7-5-19;2-1(3)4/h2-9,12-13,17,21H,10-11,14-16H2,1H3;(H,2,3,4)/t21-,23+;/m0./s1. The Hall–Kier alpha value is -3.03. The van der Waals surface area contributed by atoms with E-state index < -0.39 is 27.1 Å². The van der Waals surface area contributed by atoms with Crippen LogP contribution in [0.25, 0.3) is 0 Å². The topological polar surface area (TPSA) is 143 Å². The van der Waals surface area contributed by atoms with E-state index in [0.717, 1.165) is 11.1 Å². The summed E-state index contributed by atoms with van der Waals surface area (Å²) in [5.74, 6) is -0.915. The Labute approximate surface area is 213 Å². The maximum Gasteiger partial charge on any atom is 0.297 e. The Balaban J connectivity index is 0.000000840. The quantitative estimate of drug-likeness (QED) is 0.245. The third-order valence-corrected chi connectivity index (χ3v) is 6.87. The summed E-state index contributed by atoms with van der Waals surface area (Å²) in [6.07, 6.45) is 6.00. The molecule has 1 aromatic heterocycles. The summed E-state index contributed by atoms with van der Waals surface area (Å²) in [7, 11) is -3.87. The minimum absolute atomic E-state index is 0.120. The van der Waals surface area contributed by atoms with Crippen LogP contribution in [0.5, 0.6) is 0 Å². The van der Waals surface area contributed by atoms with Crippen molar-refractivity contribution >= 4 is 21.7 Å². The van der Waals surface area contributed by atoms with E-state index >= 15 is 0 Å². The van der Waals surface area contributed by atoms with Gasteiger partial charge >= 0.3 is 0 Å². The van der Waals surface area contributed by atoms with Crippen LogP contribution in [0, 0.1) is 17.0 Å². The number of aryl methyl sites for hydroxylation is 2. The summed E-state index contributed by atoms with van der Waals surface area (Å²) >= 11 is 5.98. The fraction of sp³-hybridized carbons (Fsp3) is 0.348. The van der Waals surface area contributed by atoms with Crippen molar-refractivity contribution in [2.24, 2.45) is 0 Å². The Kier molecular flexibility index (Phi) is 9.40. The molecule has 194 valence electrons. The molecule has 0 radical (unpaired) electrons. The number of aromatic nitrogens is 2. The molecule has 0 amide bonds. The van der Waals surface area contributed by atoms with Gasteiger partial charge in [0.25, 0.3) is 15.2 Å². The predicted molar refractivity (Wildman–Crippen MR) is 129 cm³/mol. The fourth-order valence-electron chi connectivity index (χ4n) is 3.57. The van der Waals surface area contributed by atoms with E-state index in [-0.39, 0.29) is 18.1 Å². The highest BCUT2D eigenvalue weighted by molar-refractivity contribution is 7.86. The summed E-state index contributed by atoms with van der Waals surface area (Å²) in [5, 5.41) is 14.3. The van der Waals surface area contributed by atoms with E-state index in [9.17, 15) is 8.42 Å². The van der Waals surface area contributed by atoms with Crippen LogP contribution in [0.4, 0.5) is 0 Å². The summed E-state index contributed by atoms with van der Waals surface area (Å²) in [6, 6.07) is 14.2.